The lowest BCUT2D eigenvalue weighted by molar-refractivity contribution is -0.136. The summed E-state index contributed by atoms with van der Waals surface area (Å²) in [6.07, 6.45) is 2.58. The van der Waals surface area contributed by atoms with E-state index in [1.165, 1.54) is 11.2 Å². The standard InChI is InChI=1S/C14H15BrN4O2/c1-10-2-7-14(21)19(18-10)9-13(20)17-16-8-11-3-5-12(15)6-4-11/h3-6,8H,2,7,9H2,1H3,(H,17,20)/b16-8+. The van der Waals surface area contributed by atoms with Crippen molar-refractivity contribution in [2.45, 2.75) is 19.8 Å². The molecule has 7 heteroatoms. The lowest BCUT2D eigenvalue weighted by Gasteiger charge is -2.21. The Bertz CT molecular complexity index is 595. The van der Waals surface area contributed by atoms with Gasteiger partial charge in [-0.1, -0.05) is 28.1 Å². The van der Waals surface area contributed by atoms with E-state index in [0.717, 1.165) is 15.7 Å². The molecule has 110 valence electrons. The molecule has 0 aromatic heterocycles. The average molecular weight is 351 g/mol. The van der Waals surface area contributed by atoms with Crippen molar-refractivity contribution in [1.29, 1.82) is 0 Å². The van der Waals surface area contributed by atoms with Gasteiger partial charge in [0.2, 0.25) is 5.91 Å². The summed E-state index contributed by atoms with van der Waals surface area (Å²) in [4.78, 5) is 23.3. The van der Waals surface area contributed by atoms with Crippen LogP contribution in [0, 0.1) is 0 Å². The van der Waals surface area contributed by atoms with Gasteiger partial charge in [0.1, 0.15) is 6.54 Å². The van der Waals surface area contributed by atoms with Crippen LogP contribution >= 0.6 is 15.9 Å². The third kappa shape index (κ3) is 4.78. The molecule has 0 bridgehead atoms. The van der Waals surface area contributed by atoms with Crippen LogP contribution in [0.15, 0.2) is 38.9 Å². The number of hydrogen-bond donors (Lipinski definition) is 1. The molecular weight excluding hydrogens is 336 g/mol. The van der Waals surface area contributed by atoms with E-state index in [1.807, 2.05) is 31.2 Å². The summed E-state index contributed by atoms with van der Waals surface area (Å²) in [5.41, 5.74) is 4.09. The Morgan fingerprint density at radius 1 is 1.43 bits per heavy atom. The van der Waals surface area contributed by atoms with Crippen LogP contribution in [0.4, 0.5) is 0 Å². The number of nitrogens with one attached hydrogen (secondary N) is 1. The molecule has 0 fully saturated rings. The van der Waals surface area contributed by atoms with Gasteiger partial charge >= 0.3 is 0 Å². The van der Waals surface area contributed by atoms with Gasteiger partial charge in [-0.3, -0.25) is 9.59 Å². The Kier molecular flexibility index (Phi) is 5.21. The summed E-state index contributed by atoms with van der Waals surface area (Å²) in [5.74, 6) is -0.525. The van der Waals surface area contributed by atoms with Gasteiger partial charge in [0.05, 0.1) is 6.21 Å². The number of carbonyl (C=O) groups excluding carboxylic acids is 2. The number of halogens is 1. The molecular formula is C14H15BrN4O2. The lowest BCUT2D eigenvalue weighted by Crippen LogP contribution is -2.38. The molecule has 1 aliphatic rings. The molecule has 0 saturated carbocycles. The van der Waals surface area contributed by atoms with Crippen molar-refractivity contribution in [2.75, 3.05) is 6.54 Å². The van der Waals surface area contributed by atoms with Crippen LogP contribution in [0.1, 0.15) is 25.3 Å². The van der Waals surface area contributed by atoms with Crippen molar-refractivity contribution in [3.05, 3.63) is 34.3 Å². The number of benzene rings is 1. The van der Waals surface area contributed by atoms with Gasteiger partial charge < -0.3 is 0 Å². The van der Waals surface area contributed by atoms with E-state index in [1.54, 1.807) is 0 Å². The molecule has 6 nitrogen and oxygen atoms in total. The van der Waals surface area contributed by atoms with Crippen LogP contribution in [-0.4, -0.2) is 35.3 Å². The van der Waals surface area contributed by atoms with Gasteiger partial charge in [-0.2, -0.15) is 10.2 Å². The third-order valence-corrected chi connectivity index (χ3v) is 3.37. The van der Waals surface area contributed by atoms with Crippen molar-refractivity contribution in [3.63, 3.8) is 0 Å². The minimum atomic E-state index is -0.379. The Balaban J connectivity index is 1.86. The smallest absolute Gasteiger partial charge is 0.261 e. The first-order valence-corrected chi connectivity index (χ1v) is 7.26. The monoisotopic (exact) mass is 350 g/mol. The maximum absolute atomic E-state index is 11.7. The topological polar surface area (TPSA) is 74.1 Å². The van der Waals surface area contributed by atoms with E-state index >= 15 is 0 Å². The Hall–Kier alpha value is -2.02. The molecule has 1 aromatic rings. The van der Waals surface area contributed by atoms with Crippen molar-refractivity contribution in [3.8, 4) is 0 Å². The third-order valence-electron chi connectivity index (χ3n) is 2.85. The van der Waals surface area contributed by atoms with Gasteiger partial charge in [-0.25, -0.2) is 10.4 Å². The van der Waals surface area contributed by atoms with Crippen LogP contribution < -0.4 is 5.43 Å². The van der Waals surface area contributed by atoms with Gasteiger partial charge in [0, 0.05) is 16.6 Å². The normalized spacial score (nSPS) is 15.2. The maximum Gasteiger partial charge on any atom is 0.261 e. The number of hydrazone groups is 2. The highest BCUT2D eigenvalue weighted by atomic mass is 79.9. The fourth-order valence-electron chi connectivity index (χ4n) is 1.75. The molecule has 0 radical (unpaired) electrons. The number of carbonyl (C=O) groups is 2. The highest BCUT2D eigenvalue weighted by molar-refractivity contribution is 9.10. The van der Waals surface area contributed by atoms with Crippen LogP contribution in [0.25, 0.3) is 0 Å². The summed E-state index contributed by atoms with van der Waals surface area (Å²) in [7, 11) is 0. The maximum atomic E-state index is 11.7. The summed E-state index contributed by atoms with van der Waals surface area (Å²) in [6.45, 7) is 1.72. The second-order valence-corrected chi connectivity index (χ2v) is 5.55. The van der Waals surface area contributed by atoms with Gasteiger partial charge in [-0.05, 0) is 31.0 Å². The van der Waals surface area contributed by atoms with Crippen molar-refractivity contribution < 1.29 is 9.59 Å². The minimum Gasteiger partial charge on any atom is -0.273 e. The Morgan fingerprint density at radius 3 is 2.86 bits per heavy atom. The first-order valence-electron chi connectivity index (χ1n) is 6.46. The van der Waals surface area contributed by atoms with E-state index in [0.29, 0.717) is 12.8 Å². The number of rotatable bonds is 4. The molecule has 0 unspecified atom stereocenters. The van der Waals surface area contributed by atoms with E-state index in [-0.39, 0.29) is 18.4 Å². The first-order chi connectivity index (χ1) is 10.0. The van der Waals surface area contributed by atoms with Crippen molar-refractivity contribution in [2.24, 2.45) is 10.2 Å². The largest absolute Gasteiger partial charge is 0.273 e. The summed E-state index contributed by atoms with van der Waals surface area (Å²) >= 11 is 3.34. The van der Waals surface area contributed by atoms with Crippen LogP contribution in [0.2, 0.25) is 0 Å². The van der Waals surface area contributed by atoms with Crippen molar-refractivity contribution >= 4 is 39.7 Å². The predicted molar refractivity (Wildman–Crippen MR) is 83.9 cm³/mol. The van der Waals surface area contributed by atoms with Crippen LogP contribution in [-0.2, 0) is 9.59 Å². The van der Waals surface area contributed by atoms with Crippen molar-refractivity contribution in [1.82, 2.24) is 10.4 Å². The molecule has 21 heavy (non-hydrogen) atoms. The van der Waals surface area contributed by atoms with E-state index in [4.69, 9.17) is 0 Å². The Morgan fingerprint density at radius 2 is 2.14 bits per heavy atom. The van der Waals surface area contributed by atoms with Crippen LogP contribution in [0.3, 0.4) is 0 Å². The highest BCUT2D eigenvalue weighted by Gasteiger charge is 2.20. The molecule has 1 N–H and O–H groups in total. The summed E-state index contributed by atoms with van der Waals surface area (Å²) < 4.78 is 0.973. The van der Waals surface area contributed by atoms with E-state index in [9.17, 15) is 9.59 Å². The molecule has 0 saturated heterocycles. The van der Waals surface area contributed by atoms with Gasteiger partial charge in [0.15, 0.2) is 0 Å². The number of amides is 2. The minimum absolute atomic E-state index is 0.117. The van der Waals surface area contributed by atoms with Crippen LogP contribution in [0.5, 0.6) is 0 Å². The molecule has 1 heterocycles. The second-order valence-electron chi connectivity index (χ2n) is 4.63. The summed E-state index contributed by atoms with van der Waals surface area (Å²) in [6, 6.07) is 7.49. The molecule has 2 amide bonds. The zero-order chi connectivity index (χ0) is 15.2. The summed E-state index contributed by atoms with van der Waals surface area (Å²) in [5, 5.41) is 9.10. The Labute approximate surface area is 131 Å². The van der Waals surface area contributed by atoms with E-state index in [2.05, 4.69) is 31.6 Å². The quantitative estimate of drug-likeness (QED) is 0.665. The predicted octanol–water partition coefficient (Wildman–Crippen LogP) is 1.90. The molecule has 0 atom stereocenters. The highest BCUT2D eigenvalue weighted by Crippen LogP contribution is 2.09. The molecule has 1 aliphatic heterocycles. The molecule has 2 rings (SSSR count). The zero-order valence-electron chi connectivity index (χ0n) is 11.5. The lowest BCUT2D eigenvalue weighted by atomic mass is 10.2. The average Bonchev–Trinajstić information content (AvgIpc) is 2.45. The SMILES string of the molecule is CC1=NN(CC(=O)N/N=C/c2ccc(Br)cc2)C(=O)CC1. The molecule has 1 aromatic carbocycles. The fourth-order valence-corrected chi connectivity index (χ4v) is 2.02. The fraction of sp³-hybridized carbons (Fsp3) is 0.286. The molecule has 0 spiro atoms. The van der Waals surface area contributed by atoms with Gasteiger partial charge in [0.25, 0.3) is 5.91 Å². The zero-order valence-corrected chi connectivity index (χ0v) is 13.1. The van der Waals surface area contributed by atoms with E-state index < -0.39 is 0 Å². The first kappa shape index (κ1) is 15.4. The number of nitrogens with zero attached hydrogens (tertiary/aromatic N) is 3. The second kappa shape index (κ2) is 7.12. The number of hydrogen-bond acceptors (Lipinski definition) is 4. The van der Waals surface area contributed by atoms with Gasteiger partial charge in [-0.15, -0.1) is 0 Å². The molecule has 0 aliphatic carbocycles.